The molecular formula is C121H72N12O3. The van der Waals surface area contributed by atoms with Gasteiger partial charge in [0, 0.05) is 158 Å². The van der Waals surface area contributed by atoms with E-state index in [1.54, 1.807) is 0 Å². The SMILES string of the molecule is c1ccc(-c2cc(-c3ccc(-n4c5ccccc5c5c6ccncc6c6oc7ccccc7c6c54)cc3)nc(-c3ccccc3)n2)cc1.c1ccc(-c2cc(-c3cccc(-n4c5ccccc5c5c6ccncc6c6oc7ccccc7c6c54)c3)nc(-c3ccccc3)n2)cc1.c1ccc(-c2nc(-n3c4ccccc4c4c5ccncc5c5oc6ccccc6c5c43)nc3ccccc23)cc1. The molecule has 0 aliphatic rings. The van der Waals surface area contributed by atoms with Crippen LogP contribution in [0.25, 0.3) is 271 Å². The minimum absolute atomic E-state index is 0.628. The molecule has 0 bridgehead atoms. The minimum Gasteiger partial charge on any atom is -0.455 e. The summed E-state index contributed by atoms with van der Waals surface area (Å²) in [7, 11) is 0. The van der Waals surface area contributed by atoms with Gasteiger partial charge in [0.1, 0.15) is 33.5 Å². The van der Waals surface area contributed by atoms with Gasteiger partial charge < -0.3 is 22.4 Å². The fraction of sp³-hybridized carbons (Fsp3) is 0. The predicted molar refractivity (Wildman–Crippen MR) is 552 cm³/mol. The summed E-state index contributed by atoms with van der Waals surface area (Å²) in [4.78, 5) is 44.1. The summed E-state index contributed by atoms with van der Waals surface area (Å²) in [5.41, 5.74) is 26.2. The lowest BCUT2D eigenvalue weighted by atomic mass is 10.0. The molecule has 12 aromatic heterocycles. The van der Waals surface area contributed by atoms with Crippen molar-refractivity contribution < 1.29 is 13.3 Å². The number of hydrogen-bond acceptors (Lipinski definition) is 12. The van der Waals surface area contributed by atoms with E-state index in [1.165, 1.54) is 21.5 Å². The van der Waals surface area contributed by atoms with Crippen molar-refractivity contribution in [3.8, 4) is 96.4 Å². The summed E-state index contributed by atoms with van der Waals surface area (Å²) in [5, 5.41) is 20.9. The monoisotopic (exact) mass is 1740 g/mol. The number of hydrogen-bond donors (Lipinski definition) is 0. The van der Waals surface area contributed by atoms with Crippen molar-refractivity contribution in [2.45, 2.75) is 0 Å². The number of aromatic nitrogens is 12. The average Bonchev–Trinajstić information content (AvgIpc) is 1.55. The zero-order valence-electron chi connectivity index (χ0n) is 72.7. The molecular weight excluding hydrogens is 1670 g/mol. The van der Waals surface area contributed by atoms with E-state index in [2.05, 4.69) is 290 Å². The second-order valence-electron chi connectivity index (χ2n) is 34.1. The maximum Gasteiger partial charge on any atom is 0.235 e. The Hall–Kier alpha value is -18.7. The molecule has 136 heavy (non-hydrogen) atoms. The van der Waals surface area contributed by atoms with Crippen LogP contribution in [0.5, 0.6) is 0 Å². The van der Waals surface area contributed by atoms with Crippen LogP contribution in [0, 0.1) is 0 Å². The molecule has 0 unspecified atom stereocenters. The summed E-state index contributed by atoms with van der Waals surface area (Å²) in [5.74, 6) is 2.03. The molecule has 12 heterocycles. The molecule has 17 aromatic carbocycles. The highest BCUT2D eigenvalue weighted by molar-refractivity contribution is 6.38. The maximum absolute atomic E-state index is 6.59. The van der Waals surface area contributed by atoms with Gasteiger partial charge in [0.25, 0.3) is 0 Å². The highest BCUT2D eigenvalue weighted by Crippen LogP contribution is 2.51. The maximum atomic E-state index is 6.59. The lowest BCUT2D eigenvalue weighted by Crippen LogP contribution is -2.03. The third-order valence-corrected chi connectivity index (χ3v) is 26.4. The van der Waals surface area contributed by atoms with Gasteiger partial charge in [-0.05, 0) is 113 Å². The molecule has 0 aliphatic carbocycles. The standard InChI is InChI=1S/2C43H26N4O.C35H20N4O/c1-3-12-27(13-4-1)35-25-36(46-43(45-35)28-14-5-2-6-15-28)29-16-11-17-30(24-29)47-37-20-9-7-18-32(37)39-31-22-23-44-26-34(31)42-40(41(39)47)33-19-8-10-21-38(33)48-42;1-3-11-27(12-4-1)35-25-36(46-43(45-35)29-13-5-2-6-14-29)28-19-21-30(22-20-28)47-37-17-9-7-15-32(37)39-31-23-24-44-26-34(31)42-40(41(39)47)33-16-8-10-18-38(33)48-42;1-2-10-21(11-3-1)32-23-12-4-7-15-27(23)37-35(38-32)39-28-16-8-5-13-24(28)30-22-18-19-36-20-26(22)34-31(33(30)39)25-14-6-9-17-29(25)40-34/h2*1-26H;1-20H. The summed E-state index contributed by atoms with van der Waals surface area (Å²) in [6, 6.07) is 138. The van der Waals surface area contributed by atoms with Crippen molar-refractivity contribution in [2.24, 2.45) is 0 Å². The van der Waals surface area contributed by atoms with Crippen LogP contribution in [0.1, 0.15) is 0 Å². The molecule has 0 amide bonds. The molecule has 0 fully saturated rings. The van der Waals surface area contributed by atoms with E-state index < -0.39 is 0 Å². The molecule has 0 aliphatic heterocycles. The van der Waals surface area contributed by atoms with Crippen LogP contribution in [-0.2, 0) is 0 Å². The molecule has 0 saturated heterocycles. The number of para-hydroxylation sites is 7. The topological polar surface area (TPSA) is 170 Å². The van der Waals surface area contributed by atoms with E-state index in [0.717, 1.165) is 232 Å². The number of benzene rings is 17. The molecule has 0 atom stereocenters. The number of furan rings is 3. The number of fused-ring (bicyclic) bond motifs is 31. The van der Waals surface area contributed by atoms with Crippen molar-refractivity contribution in [3.63, 3.8) is 0 Å². The zero-order valence-corrected chi connectivity index (χ0v) is 72.7. The fourth-order valence-corrected chi connectivity index (χ4v) is 20.5. The van der Waals surface area contributed by atoms with Gasteiger partial charge in [0.05, 0.1) is 83.2 Å². The summed E-state index contributed by atoms with van der Waals surface area (Å²) >= 11 is 0. The first-order valence-corrected chi connectivity index (χ1v) is 45.3. The Kier molecular flexibility index (Phi) is 17.9. The first-order valence-electron chi connectivity index (χ1n) is 45.3. The van der Waals surface area contributed by atoms with E-state index in [0.29, 0.717) is 17.6 Å². The second-order valence-corrected chi connectivity index (χ2v) is 34.1. The smallest absolute Gasteiger partial charge is 0.235 e. The number of pyridine rings is 3. The molecule has 29 aromatic rings. The lowest BCUT2D eigenvalue weighted by molar-refractivity contribution is 0.672. The van der Waals surface area contributed by atoms with E-state index in [4.69, 9.17) is 43.2 Å². The van der Waals surface area contributed by atoms with Gasteiger partial charge in [0.15, 0.2) is 11.6 Å². The molecule has 0 N–H and O–H groups in total. The Bertz CT molecular complexity index is 9770. The van der Waals surface area contributed by atoms with Crippen molar-refractivity contribution in [1.29, 1.82) is 0 Å². The van der Waals surface area contributed by atoms with Crippen LogP contribution < -0.4 is 0 Å². The van der Waals surface area contributed by atoms with Gasteiger partial charge in [-0.1, -0.05) is 303 Å². The molecule has 15 nitrogen and oxygen atoms in total. The summed E-state index contributed by atoms with van der Waals surface area (Å²) in [6.45, 7) is 0. The van der Waals surface area contributed by atoms with Crippen molar-refractivity contribution in [1.82, 2.24) is 58.6 Å². The first-order chi connectivity index (χ1) is 67.5. The van der Waals surface area contributed by atoms with Gasteiger partial charge >= 0.3 is 0 Å². The predicted octanol–water partition coefficient (Wildman–Crippen LogP) is 30.9. The molecule has 0 saturated carbocycles. The second kappa shape index (κ2) is 31.6. The van der Waals surface area contributed by atoms with Crippen LogP contribution >= 0.6 is 0 Å². The number of nitrogens with zero attached hydrogens (tertiary/aromatic N) is 12. The normalized spacial score (nSPS) is 11.8. The van der Waals surface area contributed by atoms with Crippen molar-refractivity contribution in [3.05, 3.63) is 438 Å². The van der Waals surface area contributed by atoms with Gasteiger partial charge in [-0.3, -0.25) is 19.5 Å². The van der Waals surface area contributed by atoms with E-state index >= 15 is 0 Å². The zero-order chi connectivity index (χ0) is 89.4. The largest absolute Gasteiger partial charge is 0.455 e. The van der Waals surface area contributed by atoms with E-state index in [1.807, 2.05) is 177 Å². The summed E-state index contributed by atoms with van der Waals surface area (Å²) < 4.78 is 26.7. The van der Waals surface area contributed by atoms with Crippen LogP contribution in [0.4, 0.5) is 0 Å². The minimum atomic E-state index is 0.628. The first kappa shape index (κ1) is 77.2. The van der Waals surface area contributed by atoms with E-state index in [-0.39, 0.29) is 0 Å². The van der Waals surface area contributed by atoms with Gasteiger partial charge in [0.2, 0.25) is 5.95 Å². The highest BCUT2D eigenvalue weighted by Gasteiger charge is 2.29. The van der Waals surface area contributed by atoms with Crippen LogP contribution in [-0.4, -0.2) is 58.6 Å². The van der Waals surface area contributed by atoms with Gasteiger partial charge in [-0.25, -0.2) is 29.9 Å². The molecule has 0 radical (unpaired) electrons. The lowest BCUT2D eigenvalue weighted by Gasteiger charge is -2.13. The third-order valence-electron chi connectivity index (χ3n) is 26.4. The Morgan fingerprint density at radius 3 is 0.963 bits per heavy atom. The Morgan fingerprint density at radius 1 is 0.199 bits per heavy atom. The number of rotatable bonds is 10. The average molecular weight is 1740 g/mol. The molecule has 634 valence electrons. The Labute approximate surface area is 775 Å². The molecule has 15 heteroatoms. The Morgan fingerprint density at radius 2 is 0.529 bits per heavy atom. The van der Waals surface area contributed by atoms with Gasteiger partial charge in [-0.2, -0.15) is 0 Å². The van der Waals surface area contributed by atoms with Crippen molar-refractivity contribution in [2.75, 3.05) is 0 Å². The molecule has 0 spiro atoms. The third kappa shape index (κ3) is 12.5. The quantitative estimate of drug-likeness (QED) is 0.127. The van der Waals surface area contributed by atoms with Crippen LogP contribution in [0.3, 0.4) is 0 Å². The van der Waals surface area contributed by atoms with E-state index in [9.17, 15) is 0 Å². The van der Waals surface area contributed by atoms with Crippen LogP contribution in [0.15, 0.2) is 451 Å². The van der Waals surface area contributed by atoms with Crippen molar-refractivity contribution >= 4 is 174 Å². The Balaban J connectivity index is 0.000000104. The summed E-state index contributed by atoms with van der Waals surface area (Å²) in [6.07, 6.45) is 11.3. The van der Waals surface area contributed by atoms with Gasteiger partial charge in [-0.15, -0.1) is 0 Å². The molecule has 29 rings (SSSR count). The highest BCUT2D eigenvalue weighted by atomic mass is 16.3. The van der Waals surface area contributed by atoms with Crippen LogP contribution in [0.2, 0.25) is 0 Å². The fourth-order valence-electron chi connectivity index (χ4n) is 20.5.